The Morgan fingerprint density at radius 2 is 1.76 bits per heavy atom. The zero-order valence-corrected chi connectivity index (χ0v) is 28.7. The summed E-state index contributed by atoms with van der Waals surface area (Å²) in [6.07, 6.45) is 1.16. The topological polar surface area (TPSA) is 134 Å². The Kier molecular flexibility index (Phi) is 8.98. The van der Waals surface area contributed by atoms with Crippen molar-refractivity contribution in [3.63, 3.8) is 0 Å². The van der Waals surface area contributed by atoms with Crippen LogP contribution in [-0.4, -0.2) is 63.4 Å². The van der Waals surface area contributed by atoms with Crippen molar-refractivity contribution in [1.82, 2.24) is 15.1 Å². The van der Waals surface area contributed by atoms with E-state index in [1.807, 2.05) is 31.2 Å². The number of ether oxygens (including phenoxy) is 2. The van der Waals surface area contributed by atoms with E-state index in [1.54, 1.807) is 57.7 Å². The molecule has 0 aromatic heterocycles. The number of carbonyl (C=O) groups is 5. The lowest BCUT2D eigenvalue weighted by Gasteiger charge is -2.30. The molecule has 2 aliphatic carbocycles. The molecular formula is C34H41BrN4O7. The number of imide groups is 1. The van der Waals surface area contributed by atoms with E-state index in [0.717, 1.165) is 33.3 Å². The SMILES string of the molecule is C[C@@H](C1CC1)N(Cc1ccc(Br)cc1)C(=O)CN1C(=O)O[C@]2(CCc3cc(NC(=O)C(C)(C)NC(=O)OC(C)(C)C)ccc32)C1=O. The van der Waals surface area contributed by atoms with Gasteiger partial charge in [0.15, 0.2) is 0 Å². The fourth-order valence-electron chi connectivity index (χ4n) is 5.94. The first kappa shape index (κ1) is 33.4. The molecular weight excluding hydrogens is 656 g/mol. The molecule has 0 radical (unpaired) electrons. The molecule has 1 saturated carbocycles. The zero-order chi connectivity index (χ0) is 33.6. The number of hydrogen-bond acceptors (Lipinski definition) is 7. The Morgan fingerprint density at radius 3 is 2.39 bits per heavy atom. The first-order valence-corrected chi connectivity index (χ1v) is 16.3. The summed E-state index contributed by atoms with van der Waals surface area (Å²) >= 11 is 3.44. The van der Waals surface area contributed by atoms with Crippen LogP contribution in [0.4, 0.5) is 15.3 Å². The Bertz CT molecular complexity index is 1560. The highest BCUT2D eigenvalue weighted by Crippen LogP contribution is 2.46. The lowest BCUT2D eigenvalue weighted by molar-refractivity contribution is -0.143. The van der Waals surface area contributed by atoms with Crippen molar-refractivity contribution in [2.75, 3.05) is 11.9 Å². The van der Waals surface area contributed by atoms with Gasteiger partial charge in [-0.15, -0.1) is 0 Å². The number of carbonyl (C=O) groups excluding carboxylic acids is 5. The summed E-state index contributed by atoms with van der Waals surface area (Å²) < 4.78 is 12.0. The fraction of sp³-hybridized carbons (Fsp3) is 0.500. The predicted octanol–water partition coefficient (Wildman–Crippen LogP) is 5.64. The van der Waals surface area contributed by atoms with Crippen LogP contribution in [-0.2, 0) is 42.4 Å². The van der Waals surface area contributed by atoms with Gasteiger partial charge in [0.25, 0.3) is 5.91 Å². The molecule has 12 heteroatoms. The van der Waals surface area contributed by atoms with Crippen molar-refractivity contribution in [2.24, 2.45) is 5.92 Å². The number of hydrogen-bond donors (Lipinski definition) is 2. The van der Waals surface area contributed by atoms with Crippen molar-refractivity contribution < 1.29 is 33.4 Å². The van der Waals surface area contributed by atoms with Crippen LogP contribution >= 0.6 is 15.9 Å². The Labute approximate surface area is 277 Å². The van der Waals surface area contributed by atoms with Crippen LogP contribution < -0.4 is 10.6 Å². The average Bonchev–Trinajstić information content (AvgIpc) is 3.71. The molecule has 0 unspecified atom stereocenters. The van der Waals surface area contributed by atoms with Gasteiger partial charge in [0.05, 0.1) is 0 Å². The first-order valence-electron chi connectivity index (χ1n) is 15.5. The summed E-state index contributed by atoms with van der Waals surface area (Å²) in [4.78, 5) is 68.7. The van der Waals surface area contributed by atoms with Crippen LogP contribution in [0.15, 0.2) is 46.9 Å². The second kappa shape index (κ2) is 12.4. The maximum atomic E-state index is 13.9. The minimum atomic E-state index is -1.52. The number of fused-ring (bicyclic) bond motifs is 2. The van der Waals surface area contributed by atoms with E-state index in [-0.39, 0.29) is 18.4 Å². The summed E-state index contributed by atoms with van der Waals surface area (Å²) in [5, 5.41) is 5.39. The number of nitrogens with zero attached hydrogens (tertiary/aromatic N) is 2. The number of benzene rings is 2. The summed E-state index contributed by atoms with van der Waals surface area (Å²) in [6, 6.07) is 12.7. The van der Waals surface area contributed by atoms with E-state index in [0.29, 0.717) is 30.1 Å². The van der Waals surface area contributed by atoms with E-state index < -0.39 is 47.3 Å². The van der Waals surface area contributed by atoms with Crippen LogP contribution in [0.3, 0.4) is 0 Å². The second-order valence-corrected chi connectivity index (χ2v) is 14.8. The number of anilines is 1. The van der Waals surface area contributed by atoms with Crippen LogP contribution in [0.1, 0.15) is 77.5 Å². The Balaban J connectivity index is 1.28. The molecule has 246 valence electrons. The van der Waals surface area contributed by atoms with Crippen LogP contribution in [0.2, 0.25) is 0 Å². The van der Waals surface area contributed by atoms with Gasteiger partial charge in [-0.1, -0.05) is 34.1 Å². The predicted molar refractivity (Wildman–Crippen MR) is 174 cm³/mol. The van der Waals surface area contributed by atoms with E-state index in [4.69, 9.17) is 9.47 Å². The molecule has 46 heavy (non-hydrogen) atoms. The maximum Gasteiger partial charge on any atom is 0.418 e. The third-order valence-corrected chi connectivity index (χ3v) is 9.20. The smallest absolute Gasteiger partial charge is 0.418 e. The van der Waals surface area contributed by atoms with E-state index in [2.05, 4.69) is 26.6 Å². The third-order valence-electron chi connectivity index (χ3n) is 8.67. The third kappa shape index (κ3) is 7.06. The molecule has 2 atom stereocenters. The number of aryl methyl sites for hydroxylation is 1. The molecule has 1 saturated heterocycles. The molecule has 2 N–H and O–H groups in total. The van der Waals surface area contributed by atoms with Crippen LogP contribution in [0.25, 0.3) is 0 Å². The monoisotopic (exact) mass is 696 g/mol. The van der Waals surface area contributed by atoms with Gasteiger partial charge in [-0.25, -0.2) is 14.5 Å². The molecule has 5 amide bonds. The molecule has 1 heterocycles. The molecule has 2 aromatic rings. The maximum absolute atomic E-state index is 13.9. The number of amides is 5. The molecule has 1 spiro atoms. The molecule has 0 bridgehead atoms. The van der Waals surface area contributed by atoms with Gasteiger partial charge in [-0.3, -0.25) is 14.4 Å². The average molecular weight is 698 g/mol. The van der Waals surface area contributed by atoms with Gasteiger partial charge >= 0.3 is 12.2 Å². The van der Waals surface area contributed by atoms with Crippen molar-refractivity contribution >= 4 is 51.5 Å². The lowest BCUT2D eigenvalue weighted by Crippen LogP contribution is -2.53. The molecule has 1 aliphatic heterocycles. The molecule has 5 rings (SSSR count). The largest absolute Gasteiger partial charge is 0.444 e. The van der Waals surface area contributed by atoms with Gasteiger partial charge in [0.2, 0.25) is 17.4 Å². The van der Waals surface area contributed by atoms with Crippen LogP contribution in [0, 0.1) is 5.92 Å². The molecule has 2 fully saturated rings. The lowest BCUT2D eigenvalue weighted by atomic mass is 9.94. The Hall–Kier alpha value is -3.93. The van der Waals surface area contributed by atoms with Gasteiger partial charge in [-0.05, 0) is 102 Å². The Morgan fingerprint density at radius 1 is 1.09 bits per heavy atom. The standard InChI is InChI=1S/C34H41BrN4O7/c1-20(22-9-10-22)38(18-21-7-11-24(35)12-8-21)27(40)19-39-29(42)34(46-31(39)44)16-15-23-17-25(13-14-26(23)34)36-28(41)33(5,6)37-30(43)45-32(2,3)4/h7-8,11-14,17,20,22H,9-10,15-16,18-19H2,1-6H3,(H,36,41)(H,37,43)/t20-,34-/m0/s1. The summed E-state index contributed by atoms with van der Waals surface area (Å²) in [5.74, 6) is -0.954. The highest BCUT2D eigenvalue weighted by Gasteiger charge is 2.58. The van der Waals surface area contributed by atoms with E-state index in [9.17, 15) is 24.0 Å². The molecule has 2 aromatic carbocycles. The van der Waals surface area contributed by atoms with E-state index in [1.165, 1.54) is 0 Å². The number of rotatable bonds is 9. The van der Waals surface area contributed by atoms with E-state index >= 15 is 0 Å². The second-order valence-electron chi connectivity index (χ2n) is 13.9. The van der Waals surface area contributed by atoms with Crippen LogP contribution in [0.5, 0.6) is 0 Å². The quantitative estimate of drug-likeness (QED) is 0.347. The van der Waals surface area contributed by atoms with Crippen molar-refractivity contribution in [2.45, 2.75) is 96.6 Å². The van der Waals surface area contributed by atoms with Gasteiger partial charge < -0.3 is 25.0 Å². The van der Waals surface area contributed by atoms with Crippen molar-refractivity contribution in [3.8, 4) is 0 Å². The minimum Gasteiger partial charge on any atom is -0.444 e. The highest BCUT2D eigenvalue weighted by molar-refractivity contribution is 9.10. The molecule has 3 aliphatic rings. The number of alkyl carbamates (subject to hydrolysis) is 1. The normalized spacial score (nSPS) is 19.8. The molecule has 11 nitrogen and oxygen atoms in total. The van der Waals surface area contributed by atoms with Gasteiger partial charge in [0.1, 0.15) is 17.7 Å². The van der Waals surface area contributed by atoms with Crippen molar-refractivity contribution in [3.05, 3.63) is 63.6 Å². The summed E-state index contributed by atoms with van der Waals surface area (Å²) in [7, 11) is 0. The fourth-order valence-corrected chi connectivity index (χ4v) is 6.20. The number of nitrogens with one attached hydrogen (secondary N) is 2. The first-order chi connectivity index (χ1) is 21.5. The van der Waals surface area contributed by atoms with Crippen molar-refractivity contribution in [1.29, 1.82) is 0 Å². The highest BCUT2D eigenvalue weighted by atomic mass is 79.9. The summed E-state index contributed by atoms with van der Waals surface area (Å²) in [6.45, 7) is 10.3. The van der Waals surface area contributed by atoms with Gasteiger partial charge in [-0.2, -0.15) is 0 Å². The minimum absolute atomic E-state index is 0.0380. The number of halogens is 1. The summed E-state index contributed by atoms with van der Waals surface area (Å²) in [5.41, 5.74) is -0.841. The van der Waals surface area contributed by atoms with Gasteiger partial charge in [0, 0.05) is 34.7 Å². The zero-order valence-electron chi connectivity index (χ0n) is 27.1.